The minimum atomic E-state index is -0.512. The van der Waals surface area contributed by atoms with Gasteiger partial charge in [-0.25, -0.2) is 0 Å². The molecule has 0 saturated carbocycles. The maximum atomic E-state index is 2.56. The lowest BCUT2D eigenvalue weighted by atomic mass is 9.57. The van der Waals surface area contributed by atoms with Gasteiger partial charge in [0.1, 0.15) is 0 Å². The fourth-order valence-corrected chi connectivity index (χ4v) is 8.52. The Morgan fingerprint density at radius 2 is 1.59 bits per heavy atom. The van der Waals surface area contributed by atoms with Crippen LogP contribution in [0.1, 0.15) is 65.0 Å². The molecule has 0 aromatic heterocycles. The van der Waals surface area contributed by atoms with Gasteiger partial charge in [0, 0.05) is 10.8 Å². The highest BCUT2D eigenvalue weighted by Crippen LogP contribution is 2.61. The lowest BCUT2D eigenvalue weighted by molar-refractivity contribution is 0.179. The predicted molar refractivity (Wildman–Crippen MR) is 124 cm³/mol. The van der Waals surface area contributed by atoms with Crippen LogP contribution in [-0.2, 0) is 0 Å². The van der Waals surface area contributed by atoms with Crippen LogP contribution in [0.15, 0.2) is 64.4 Å². The highest BCUT2D eigenvalue weighted by molar-refractivity contribution is 6.62. The summed E-state index contributed by atoms with van der Waals surface area (Å²) < 4.78 is 0. The summed E-state index contributed by atoms with van der Waals surface area (Å²) in [7, 11) is -0.512. The molecule has 0 saturated heterocycles. The maximum absolute atomic E-state index is 2.56. The molecule has 0 N–H and O–H groups in total. The van der Waals surface area contributed by atoms with E-state index in [0.717, 1.165) is 6.42 Å². The first-order chi connectivity index (χ1) is 12.7. The standard InChI is InChI=1S/C26H36Si/c1-8-12-26(13-10-9-11-14-26)25(7)22(6)20(4)21(5)24(25)27-23-16-18(2)15-19(3)17-23/h9-11,13,15-17H,8,12,14,27H2,1-7H3. The van der Waals surface area contributed by atoms with Crippen LogP contribution in [0.4, 0.5) is 0 Å². The van der Waals surface area contributed by atoms with Gasteiger partial charge in [-0.15, -0.1) is 0 Å². The largest absolute Gasteiger partial charge is 0.0839 e. The summed E-state index contributed by atoms with van der Waals surface area (Å²) in [5.74, 6) is 0. The summed E-state index contributed by atoms with van der Waals surface area (Å²) in [6, 6.07) is 7.17. The van der Waals surface area contributed by atoms with Gasteiger partial charge < -0.3 is 0 Å². The molecular weight excluding hydrogens is 340 g/mol. The molecule has 0 bridgehead atoms. The monoisotopic (exact) mass is 376 g/mol. The van der Waals surface area contributed by atoms with Crippen molar-refractivity contribution in [3.63, 3.8) is 0 Å². The van der Waals surface area contributed by atoms with Crippen LogP contribution in [0.5, 0.6) is 0 Å². The summed E-state index contributed by atoms with van der Waals surface area (Å²) in [5, 5.41) is 3.37. The summed E-state index contributed by atoms with van der Waals surface area (Å²) in [6.07, 6.45) is 13.1. The van der Waals surface area contributed by atoms with Crippen molar-refractivity contribution in [2.45, 2.75) is 67.7 Å². The van der Waals surface area contributed by atoms with E-state index in [2.05, 4.69) is 91.0 Å². The third-order valence-corrected chi connectivity index (χ3v) is 9.84. The highest BCUT2D eigenvalue weighted by Gasteiger charge is 2.52. The van der Waals surface area contributed by atoms with E-state index in [1.807, 2.05) is 0 Å². The zero-order valence-corrected chi connectivity index (χ0v) is 19.8. The zero-order valence-electron chi connectivity index (χ0n) is 18.4. The minimum absolute atomic E-state index is 0.155. The Kier molecular flexibility index (Phi) is 5.54. The maximum Gasteiger partial charge on any atom is 0.0839 e. The van der Waals surface area contributed by atoms with Crippen LogP contribution in [0.3, 0.4) is 0 Å². The van der Waals surface area contributed by atoms with Crippen molar-refractivity contribution >= 4 is 14.7 Å². The van der Waals surface area contributed by atoms with Crippen molar-refractivity contribution in [3.8, 4) is 0 Å². The van der Waals surface area contributed by atoms with E-state index < -0.39 is 9.52 Å². The molecule has 3 rings (SSSR count). The summed E-state index contributed by atoms with van der Waals surface area (Å²) in [4.78, 5) is 0. The molecule has 2 aliphatic carbocycles. The predicted octanol–water partition coefficient (Wildman–Crippen LogP) is 6.03. The Bertz CT molecular complexity index is 844. The van der Waals surface area contributed by atoms with Crippen molar-refractivity contribution in [1.29, 1.82) is 0 Å². The van der Waals surface area contributed by atoms with Crippen LogP contribution >= 0.6 is 0 Å². The molecular formula is C26H36Si. The van der Waals surface area contributed by atoms with Gasteiger partial charge in [-0.05, 0) is 53.0 Å². The van der Waals surface area contributed by atoms with Gasteiger partial charge in [0.05, 0.1) is 9.52 Å². The number of hydrogen-bond donors (Lipinski definition) is 0. The van der Waals surface area contributed by atoms with E-state index in [1.54, 1.807) is 27.1 Å². The van der Waals surface area contributed by atoms with E-state index in [1.165, 1.54) is 24.0 Å². The fourth-order valence-electron chi connectivity index (χ4n) is 5.76. The Morgan fingerprint density at radius 1 is 0.926 bits per heavy atom. The molecule has 2 unspecified atom stereocenters. The average Bonchev–Trinajstić information content (AvgIpc) is 2.78. The highest BCUT2D eigenvalue weighted by atomic mass is 28.2. The third kappa shape index (κ3) is 3.25. The van der Waals surface area contributed by atoms with Gasteiger partial charge >= 0.3 is 0 Å². The Balaban J connectivity index is 2.13. The minimum Gasteiger partial charge on any atom is -0.0836 e. The van der Waals surface area contributed by atoms with E-state index in [-0.39, 0.29) is 10.8 Å². The molecule has 0 nitrogen and oxygen atoms in total. The normalized spacial score (nSPS) is 28.3. The van der Waals surface area contributed by atoms with Crippen LogP contribution < -0.4 is 5.19 Å². The van der Waals surface area contributed by atoms with E-state index in [9.17, 15) is 0 Å². The molecule has 0 radical (unpaired) electrons. The van der Waals surface area contributed by atoms with E-state index in [4.69, 9.17) is 0 Å². The van der Waals surface area contributed by atoms with Crippen LogP contribution in [-0.4, -0.2) is 9.52 Å². The van der Waals surface area contributed by atoms with Crippen molar-refractivity contribution < 1.29 is 0 Å². The molecule has 1 heteroatoms. The molecule has 2 atom stereocenters. The number of hydrogen-bond acceptors (Lipinski definition) is 0. The molecule has 27 heavy (non-hydrogen) atoms. The van der Waals surface area contributed by atoms with Gasteiger partial charge in [-0.2, -0.15) is 0 Å². The molecule has 0 spiro atoms. The van der Waals surface area contributed by atoms with Crippen molar-refractivity contribution in [2.75, 3.05) is 0 Å². The average molecular weight is 377 g/mol. The molecule has 2 aliphatic rings. The van der Waals surface area contributed by atoms with Crippen LogP contribution in [0.25, 0.3) is 0 Å². The first-order valence-corrected chi connectivity index (χ1v) is 12.0. The lowest BCUT2D eigenvalue weighted by Gasteiger charge is -2.49. The van der Waals surface area contributed by atoms with Crippen molar-refractivity contribution in [3.05, 3.63) is 75.5 Å². The Hall–Kier alpha value is -1.60. The van der Waals surface area contributed by atoms with Crippen LogP contribution in [0, 0.1) is 24.7 Å². The number of benzene rings is 1. The second kappa shape index (κ2) is 7.43. The van der Waals surface area contributed by atoms with Gasteiger partial charge in [-0.3, -0.25) is 0 Å². The number of rotatable bonds is 5. The molecule has 1 aromatic rings. The first kappa shape index (κ1) is 20.1. The Labute approximate surface area is 169 Å². The molecule has 1 aromatic carbocycles. The molecule has 0 aliphatic heterocycles. The molecule has 0 amide bonds. The summed E-state index contributed by atoms with van der Waals surface area (Å²) >= 11 is 0. The second-order valence-electron chi connectivity index (χ2n) is 9.05. The Morgan fingerprint density at radius 3 is 2.15 bits per heavy atom. The second-order valence-corrected chi connectivity index (χ2v) is 10.9. The van der Waals surface area contributed by atoms with Gasteiger partial charge in [0.15, 0.2) is 0 Å². The smallest absolute Gasteiger partial charge is 0.0836 e. The topological polar surface area (TPSA) is 0 Å². The fraction of sp³-hybridized carbons (Fsp3) is 0.462. The van der Waals surface area contributed by atoms with E-state index in [0.29, 0.717) is 0 Å². The van der Waals surface area contributed by atoms with Crippen molar-refractivity contribution in [2.24, 2.45) is 10.8 Å². The lowest BCUT2D eigenvalue weighted by Crippen LogP contribution is -2.43. The SMILES string of the molecule is CCCC1(C2(C)C(C)=C(C)C(C)=C2[SiH2]c2cc(C)cc(C)c2)C=CC=CC1. The zero-order chi connectivity index (χ0) is 19.8. The van der Waals surface area contributed by atoms with Crippen LogP contribution in [0.2, 0.25) is 0 Å². The third-order valence-electron chi connectivity index (χ3n) is 7.43. The first-order valence-electron chi connectivity index (χ1n) is 10.6. The van der Waals surface area contributed by atoms with Gasteiger partial charge in [-0.1, -0.05) is 95.4 Å². The molecule has 144 valence electrons. The quantitative estimate of drug-likeness (QED) is 0.550. The number of allylic oxidation sites excluding steroid dienone is 8. The van der Waals surface area contributed by atoms with E-state index >= 15 is 0 Å². The number of aryl methyl sites for hydroxylation is 2. The van der Waals surface area contributed by atoms with Gasteiger partial charge in [0.25, 0.3) is 0 Å². The van der Waals surface area contributed by atoms with Gasteiger partial charge in [0.2, 0.25) is 0 Å². The molecule has 0 fully saturated rings. The summed E-state index contributed by atoms with van der Waals surface area (Å²) in [5.41, 5.74) is 7.92. The molecule has 0 heterocycles. The summed E-state index contributed by atoms with van der Waals surface area (Å²) in [6.45, 7) is 16.5. The van der Waals surface area contributed by atoms with Crippen molar-refractivity contribution in [1.82, 2.24) is 0 Å².